The predicted molar refractivity (Wildman–Crippen MR) is 117 cm³/mol. The van der Waals surface area contributed by atoms with Gasteiger partial charge in [0, 0.05) is 45.0 Å². The predicted octanol–water partition coefficient (Wildman–Crippen LogP) is 2.36. The maximum Gasteiger partial charge on any atom is 0.238 e. The normalized spacial score (nSPS) is 23.8. The molecule has 3 rings (SSSR count). The largest absolute Gasteiger partial charge is 0.341 e. The molecular weight excluding hydrogens is 364 g/mol. The Labute approximate surface area is 175 Å². The molecule has 0 saturated carbocycles. The summed E-state index contributed by atoms with van der Waals surface area (Å²) in [4.78, 5) is 31.6. The minimum Gasteiger partial charge on any atom is -0.341 e. The Morgan fingerprint density at radius 3 is 2.17 bits per heavy atom. The molecule has 0 radical (unpaired) electrons. The van der Waals surface area contributed by atoms with Crippen LogP contribution in [0.5, 0.6) is 0 Å². The fourth-order valence-electron chi connectivity index (χ4n) is 4.53. The Morgan fingerprint density at radius 1 is 0.966 bits per heavy atom. The van der Waals surface area contributed by atoms with Crippen molar-refractivity contribution in [1.29, 1.82) is 0 Å². The van der Waals surface area contributed by atoms with E-state index in [4.69, 9.17) is 0 Å². The van der Waals surface area contributed by atoms with Gasteiger partial charge in [0.2, 0.25) is 11.8 Å². The topological polar surface area (TPSA) is 55.9 Å². The van der Waals surface area contributed by atoms with Gasteiger partial charge >= 0.3 is 0 Å². The molecule has 1 aromatic carbocycles. The first kappa shape index (κ1) is 21.8. The van der Waals surface area contributed by atoms with Crippen molar-refractivity contribution < 1.29 is 9.59 Å². The second-order valence-corrected chi connectivity index (χ2v) is 9.16. The maximum atomic E-state index is 12.7. The van der Waals surface area contributed by atoms with E-state index in [2.05, 4.69) is 35.0 Å². The van der Waals surface area contributed by atoms with Gasteiger partial charge in [-0.1, -0.05) is 26.0 Å². The first-order chi connectivity index (χ1) is 13.8. The number of piperidine rings is 1. The van der Waals surface area contributed by atoms with E-state index in [1.54, 1.807) is 0 Å². The molecule has 160 valence electrons. The van der Waals surface area contributed by atoms with E-state index in [1.807, 2.05) is 30.9 Å². The van der Waals surface area contributed by atoms with Gasteiger partial charge < -0.3 is 10.2 Å². The second-order valence-electron chi connectivity index (χ2n) is 9.16. The van der Waals surface area contributed by atoms with Crippen molar-refractivity contribution >= 4 is 17.5 Å². The smallest absolute Gasteiger partial charge is 0.238 e. The highest BCUT2D eigenvalue weighted by Crippen LogP contribution is 2.21. The minimum absolute atomic E-state index is 0.0273. The number of amides is 2. The van der Waals surface area contributed by atoms with E-state index in [-0.39, 0.29) is 11.8 Å². The van der Waals surface area contributed by atoms with Crippen LogP contribution in [0.2, 0.25) is 0 Å². The lowest BCUT2D eigenvalue weighted by Crippen LogP contribution is -2.52. The summed E-state index contributed by atoms with van der Waals surface area (Å²) in [5, 5.41) is 3.04. The van der Waals surface area contributed by atoms with Crippen molar-refractivity contribution in [2.24, 2.45) is 11.8 Å². The summed E-state index contributed by atoms with van der Waals surface area (Å²) in [6, 6.07) is 6.10. The highest BCUT2D eigenvalue weighted by molar-refractivity contribution is 5.93. The second kappa shape index (κ2) is 9.72. The first-order valence-electron chi connectivity index (χ1n) is 10.9. The number of nitrogens with one attached hydrogen (secondary N) is 1. The van der Waals surface area contributed by atoms with Gasteiger partial charge in [0.15, 0.2) is 0 Å². The zero-order valence-corrected chi connectivity index (χ0v) is 18.4. The molecule has 6 nitrogen and oxygen atoms in total. The number of likely N-dealkylation sites (tertiary alicyclic amines) is 1. The number of nitrogens with zero attached hydrogens (tertiary/aromatic N) is 3. The van der Waals surface area contributed by atoms with Crippen LogP contribution in [0.25, 0.3) is 0 Å². The standard InChI is InChI=1S/C23H36N4O2/c1-17-5-6-20(4)21(12-17)24-22(28)15-25-7-9-26(10-8-25)16-23(29)27-13-18(2)11-19(3)14-27/h5-6,12,18-19H,7-11,13-16H2,1-4H3,(H,24,28)/t18-,19+. The molecular formula is C23H36N4O2. The van der Waals surface area contributed by atoms with Gasteiger partial charge in [-0.3, -0.25) is 19.4 Å². The summed E-state index contributed by atoms with van der Waals surface area (Å²) in [5.41, 5.74) is 3.11. The molecule has 0 aliphatic carbocycles. The van der Waals surface area contributed by atoms with Crippen LogP contribution in [0.3, 0.4) is 0 Å². The van der Waals surface area contributed by atoms with E-state index in [0.717, 1.165) is 56.1 Å². The molecule has 2 aliphatic heterocycles. The molecule has 1 N–H and O–H groups in total. The van der Waals surface area contributed by atoms with Gasteiger partial charge in [-0.05, 0) is 49.3 Å². The van der Waals surface area contributed by atoms with Gasteiger partial charge in [-0.2, -0.15) is 0 Å². The SMILES string of the molecule is Cc1ccc(C)c(NC(=O)CN2CCN(CC(=O)N3C[C@H](C)C[C@H](C)C3)CC2)c1. The van der Waals surface area contributed by atoms with Crippen molar-refractivity contribution in [1.82, 2.24) is 14.7 Å². The third-order valence-corrected chi connectivity index (χ3v) is 6.08. The molecule has 6 heteroatoms. The number of rotatable bonds is 5. The Kier molecular flexibility index (Phi) is 7.30. The highest BCUT2D eigenvalue weighted by Gasteiger charge is 2.27. The van der Waals surface area contributed by atoms with Crippen LogP contribution in [0, 0.1) is 25.7 Å². The zero-order valence-electron chi connectivity index (χ0n) is 18.4. The number of carbonyl (C=O) groups is 2. The number of anilines is 1. The van der Waals surface area contributed by atoms with Crippen LogP contribution < -0.4 is 5.32 Å². The maximum absolute atomic E-state index is 12.7. The van der Waals surface area contributed by atoms with E-state index < -0.39 is 0 Å². The van der Waals surface area contributed by atoms with Crippen LogP contribution in [0.15, 0.2) is 18.2 Å². The summed E-state index contributed by atoms with van der Waals surface area (Å²) in [5.74, 6) is 1.47. The molecule has 0 unspecified atom stereocenters. The van der Waals surface area contributed by atoms with Crippen LogP contribution in [0.1, 0.15) is 31.4 Å². The number of hydrogen-bond donors (Lipinski definition) is 1. The summed E-state index contributed by atoms with van der Waals surface area (Å²) >= 11 is 0. The molecule has 2 atom stereocenters. The van der Waals surface area contributed by atoms with E-state index in [9.17, 15) is 9.59 Å². The monoisotopic (exact) mass is 400 g/mol. The summed E-state index contributed by atoms with van der Waals surface area (Å²) < 4.78 is 0. The van der Waals surface area contributed by atoms with Crippen molar-refractivity contribution in [2.75, 3.05) is 57.7 Å². The van der Waals surface area contributed by atoms with Gasteiger partial charge in [0.25, 0.3) is 0 Å². The van der Waals surface area contributed by atoms with Gasteiger partial charge in [-0.15, -0.1) is 0 Å². The van der Waals surface area contributed by atoms with Gasteiger partial charge in [0.05, 0.1) is 13.1 Å². The first-order valence-corrected chi connectivity index (χ1v) is 10.9. The van der Waals surface area contributed by atoms with Crippen LogP contribution in [0.4, 0.5) is 5.69 Å². The quantitative estimate of drug-likeness (QED) is 0.824. The summed E-state index contributed by atoms with van der Waals surface area (Å²) in [6.07, 6.45) is 1.21. The number of benzene rings is 1. The Hall–Kier alpha value is -1.92. The molecule has 0 bridgehead atoms. The lowest BCUT2D eigenvalue weighted by Gasteiger charge is -2.38. The van der Waals surface area contributed by atoms with Crippen LogP contribution in [-0.4, -0.2) is 78.9 Å². The van der Waals surface area contributed by atoms with Gasteiger partial charge in [-0.25, -0.2) is 0 Å². The highest BCUT2D eigenvalue weighted by atomic mass is 16.2. The molecule has 29 heavy (non-hydrogen) atoms. The fraction of sp³-hybridized carbons (Fsp3) is 0.652. The average molecular weight is 401 g/mol. The van der Waals surface area contributed by atoms with Crippen molar-refractivity contribution in [2.45, 2.75) is 34.1 Å². The van der Waals surface area contributed by atoms with Crippen LogP contribution in [-0.2, 0) is 9.59 Å². The van der Waals surface area contributed by atoms with Gasteiger partial charge in [0.1, 0.15) is 0 Å². The lowest BCUT2D eigenvalue weighted by molar-refractivity contribution is -0.135. The summed E-state index contributed by atoms with van der Waals surface area (Å²) in [6.45, 7) is 14.5. The number of aryl methyl sites for hydroxylation is 2. The Morgan fingerprint density at radius 2 is 1.55 bits per heavy atom. The molecule has 2 heterocycles. The molecule has 2 saturated heterocycles. The Balaban J connectivity index is 1.41. The number of piperazine rings is 1. The molecule has 1 aromatic rings. The molecule has 0 spiro atoms. The molecule has 0 aromatic heterocycles. The molecule has 2 amide bonds. The molecule has 2 aliphatic rings. The van der Waals surface area contributed by atoms with E-state index >= 15 is 0 Å². The zero-order chi connectivity index (χ0) is 21.0. The number of hydrogen-bond acceptors (Lipinski definition) is 4. The van der Waals surface area contributed by atoms with E-state index in [0.29, 0.717) is 24.9 Å². The van der Waals surface area contributed by atoms with Crippen molar-refractivity contribution in [3.63, 3.8) is 0 Å². The minimum atomic E-state index is 0.0273. The number of carbonyl (C=O) groups excluding carboxylic acids is 2. The fourth-order valence-corrected chi connectivity index (χ4v) is 4.53. The lowest BCUT2D eigenvalue weighted by atomic mass is 9.92. The Bertz CT molecular complexity index is 718. The van der Waals surface area contributed by atoms with E-state index in [1.165, 1.54) is 6.42 Å². The summed E-state index contributed by atoms with van der Waals surface area (Å²) in [7, 11) is 0. The average Bonchev–Trinajstić information content (AvgIpc) is 2.65. The third kappa shape index (κ3) is 6.28. The van der Waals surface area contributed by atoms with Crippen molar-refractivity contribution in [3.05, 3.63) is 29.3 Å². The molecule has 2 fully saturated rings. The van der Waals surface area contributed by atoms with Crippen molar-refractivity contribution in [3.8, 4) is 0 Å². The third-order valence-electron chi connectivity index (χ3n) is 6.08. The van der Waals surface area contributed by atoms with Crippen LogP contribution >= 0.6 is 0 Å².